The molecule has 54 valence electrons. The molecule has 2 heteroatoms. The average Bonchev–Trinajstić information content (AvgIpc) is 2.17. The largest absolute Gasteiger partial charge is 0.396 e. The summed E-state index contributed by atoms with van der Waals surface area (Å²) in [7, 11) is 0. The SMILES string of the molecule is OCCC1=CC=CCC=N1. The van der Waals surface area contributed by atoms with E-state index in [4.69, 9.17) is 5.11 Å². The zero-order valence-corrected chi connectivity index (χ0v) is 5.83. The Morgan fingerprint density at radius 2 is 2.50 bits per heavy atom. The van der Waals surface area contributed by atoms with Crippen LogP contribution in [0.4, 0.5) is 0 Å². The second kappa shape index (κ2) is 4.01. The van der Waals surface area contributed by atoms with E-state index >= 15 is 0 Å². The fourth-order valence-electron chi connectivity index (χ4n) is 0.794. The maximum atomic E-state index is 8.57. The van der Waals surface area contributed by atoms with E-state index in [1.807, 2.05) is 24.4 Å². The molecular weight excluding hydrogens is 126 g/mol. The molecule has 0 amide bonds. The molecule has 1 rings (SSSR count). The van der Waals surface area contributed by atoms with Gasteiger partial charge in [0.25, 0.3) is 0 Å². The number of aliphatic hydroxyl groups is 1. The molecule has 0 radical (unpaired) electrons. The van der Waals surface area contributed by atoms with Crippen molar-refractivity contribution in [1.29, 1.82) is 0 Å². The van der Waals surface area contributed by atoms with Crippen LogP contribution in [-0.4, -0.2) is 17.9 Å². The van der Waals surface area contributed by atoms with Gasteiger partial charge in [0.15, 0.2) is 0 Å². The molecule has 0 aromatic carbocycles. The van der Waals surface area contributed by atoms with Crippen LogP contribution in [0.3, 0.4) is 0 Å². The molecule has 0 unspecified atom stereocenters. The summed E-state index contributed by atoms with van der Waals surface area (Å²) in [5.74, 6) is 0. The minimum Gasteiger partial charge on any atom is -0.396 e. The average molecular weight is 137 g/mol. The highest BCUT2D eigenvalue weighted by molar-refractivity contribution is 5.62. The summed E-state index contributed by atoms with van der Waals surface area (Å²) < 4.78 is 0. The second-order valence-corrected chi connectivity index (χ2v) is 2.11. The fraction of sp³-hybridized carbons (Fsp3) is 0.375. The Kier molecular flexibility index (Phi) is 2.90. The predicted molar refractivity (Wildman–Crippen MR) is 42.0 cm³/mol. The van der Waals surface area contributed by atoms with Crippen molar-refractivity contribution in [3.63, 3.8) is 0 Å². The van der Waals surface area contributed by atoms with Gasteiger partial charge in [-0.05, 0) is 6.08 Å². The lowest BCUT2D eigenvalue weighted by Gasteiger charge is -1.93. The van der Waals surface area contributed by atoms with Crippen LogP contribution in [0.15, 0.2) is 28.9 Å². The van der Waals surface area contributed by atoms with Gasteiger partial charge in [-0.25, -0.2) is 0 Å². The third-order valence-corrected chi connectivity index (χ3v) is 1.29. The molecule has 2 nitrogen and oxygen atoms in total. The number of allylic oxidation sites excluding steroid dienone is 3. The minimum atomic E-state index is 0.178. The smallest absolute Gasteiger partial charge is 0.0486 e. The molecular formula is C8H11NO. The third kappa shape index (κ3) is 2.15. The number of hydrogen-bond acceptors (Lipinski definition) is 2. The van der Waals surface area contributed by atoms with Crippen LogP contribution in [0, 0.1) is 0 Å². The first-order valence-corrected chi connectivity index (χ1v) is 3.42. The maximum Gasteiger partial charge on any atom is 0.0486 e. The quantitative estimate of drug-likeness (QED) is 0.611. The first-order chi connectivity index (χ1) is 4.93. The van der Waals surface area contributed by atoms with E-state index in [0.29, 0.717) is 6.42 Å². The predicted octanol–water partition coefficient (Wildman–Crippen LogP) is 1.28. The Labute approximate surface area is 60.6 Å². The molecule has 0 saturated heterocycles. The zero-order chi connectivity index (χ0) is 7.23. The monoisotopic (exact) mass is 137 g/mol. The van der Waals surface area contributed by atoms with Crippen molar-refractivity contribution in [2.45, 2.75) is 12.8 Å². The highest BCUT2D eigenvalue weighted by atomic mass is 16.3. The summed E-state index contributed by atoms with van der Waals surface area (Å²) in [5.41, 5.74) is 0.955. The van der Waals surface area contributed by atoms with Gasteiger partial charge in [-0.1, -0.05) is 12.2 Å². The van der Waals surface area contributed by atoms with Crippen LogP contribution in [-0.2, 0) is 0 Å². The van der Waals surface area contributed by atoms with Gasteiger partial charge in [0, 0.05) is 31.4 Å². The molecule has 1 N–H and O–H groups in total. The van der Waals surface area contributed by atoms with Gasteiger partial charge in [-0.2, -0.15) is 0 Å². The van der Waals surface area contributed by atoms with Crippen LogP contribution >= 0.6 is 0 Å². The minimum absolute atomic E-state index is 0.178. The molecule has 0 aromatic rings. The molecule has 0 saturated carbocycles. The van der Waals surface area contributed by atoms with Gasteiger partial charge >= 0.3 is 0 Å². The number of rotatable bonds is 2. The Morgan fingerprint density at radius 1 is 1.60 bits per heavy atom. The Bertz CT molecular complexity index is 180. The highest BCUT2D eigenvalue weighted by Crippen LogP contribution is 2.04. The number of nitrogens with zero attached hydrogens (tertiary/aromatic N) is 1. The lowest BCUT2D eigenvalue weighted by molar-refractivity contribution is 0.299. The van der Waals surface area contributed by atoms with Crippen LogP contribution in [0.2, 0.25) is 0 Å². The Balaban J connectivity index is 2.55. The van der Waals surface area contributed by atoms with Crippen LogP contribution in [0.5, 0.6) is 0 Å². The molecule has 1 aliphatic heterocycles. The third-order valence-electron chi connectivity index (χ3n) is 1.29. The summed E-state index contributed by atoms with van der Waals surface area (Å²) in [5, 5.41) is 8.57. The van der Waals surface area contributed by atoms with E-state index in [-0.39, 0.29) is 6.61 Å². The van der Waals surface area contributed by atoms with E-state index in [2.05, 4.69) is 4.99 Å². The molecule has 0 bridgehead atoms. The molecule has 0 fully saturated rings. The maximum absolute atomic E-state index is 8.57. The first-order valence-electron chi connectivity index (χ1n) is 3.42. The van der Waals surface area contributed by atoms with Crippen molar-refractivity contribution < 1.29 is 5.11 Å². The molecule has 1 aliphatic rings. The number of hydrogen-bond donors (Lipinski definition) is 1. The van der Waals surface area contributed by atoms with Crippen molar-refractivity contribution in [3.05, 3.63) is 23.9 Å². The van der Waals surface area contributed by atoms with Gasteiger partial charge in [0.2, 0.25) is 0 Å². The van der Waals surface area contributed by atoms with Crippen molar-refractivity contribution in [2.24, 2.45) is 4.99 Å². The van der Waals surface area contributed by atoms with E-state index in [0.717, 1.165) is 12.1 Å². The summed E-state index contributed by atoms with van der Waals surface area (Å²) in [6.07, 6.45) is 9.34. The van der Waals surface area contributed by atoms with Gasteiger partial charge < -0.3 is 5.11 Å². The molecule has 0 aromatic heterocycles. The molecule has 0 aliphatic carbocycles. The fourth-order valence-corrected chi connectivity index (χ4v) is 0.794. The zero-order valence-electron chi connectivity index (χ0n) is 5.83. The van der Waals surface area contributed by atoms with Gasteiger partial charge in [0.05, 0.1) is 0 Å². The molecule has 10 heavy (non-hydrogen) atoms. The summed E-state index contributed by atoms with van der Waals surface area (Å²) in [6.45, 7) is 0.178. The Morgan fingerprint density at radius 3 is 3.30 bits per heavy atom. The van der Waals surface area contributed by atoms with Crippen molar-refractivity contribution in [2.75, 3.05) is 6.61 Å². The topological polar surface area (TPSA) is 32.6 Å². The summed E-state index contributed by atoms with van der Waals surface area (Å²) >= 11 is 0. The van der Waals surface area contributed by atoms with Gasteiger partial charge in [0.1, 0.15) is 0 Å². The van der Waals surface area contributed by atoms with Crippen molar-refractivity contribution >= 4 is 6.21 Å². The first kappa shape index (κ1) is 7.22. The van der Waals surface area contributed by atoms with Crippen molar-refractivity contribution in [1.82, 2.24) is 0 Å². The van der Waals surface area contributed by atoms with Crippen molar-refractivity contribution in [3.8, 4) is 0 Å². The standard InChI is InChI=1S/C8H11NO/c10-7-5-8-4-2-1-3-6-9-8/h1-2,4,6,10H,3,5,7H2. The Hall–Kier alpha value is -0.890. The van der Waals surface area contributed by atoms with E-state index in [9.17, 15) is 0 Å². The number of aliphatic hydroxyl groups excluding tert-OH is 1. The molecule has 0 spiro atoms. The van der Waals surface area contributed by atoms with Gasteiger partial charge in [-0.3, -0.25) is 4.99 Å². The summed E-state index contributed by atoms with van der Waals surface area (Å²) in [6, 6.07) is 0. The molecule has 0 atom stereocenters. The van der Waals surface area contributed by atoms with Crippen LogP contribution in [0.1, 0.15) is 12.8 Å². The lowest BCUT2D eigenvalue weighted by Crippen LogP contribution is -1.84. The number of aliphatic imine (C=N–C) groups is 1. The van der Waals surface area contributed by atoms with Crippen LogP contribution in [0.25, 0.3) is 0 Å². The van der Waals surface area contributed by atoms with E-state index in [1.165, 1.54) is 0 Å². The highest BCUT2D eigenvalue weighted by Gasteiger charge is 1.91. The van der Waals surface area contributed by atoms with E-state index in [1.54, 1.807) is 0 Å². The van der Waals surface area contributed by atoms with Gasteiger partial charge in [-0.15, -0.1) is 0 Å². The summed E-state index contributed by atoms with van der Waals surface area (Å²) in [4.78, 5) is 4.13. The van der Waals surface area contributed by atoms with E-state index < -0.39 is 0 Å². The second-order valence-electron chi connectivity index (χ2n) is 2.11. The normalized spacial score (nSPS) is 16.7. The lowest BCUT2D eigenvalue weighted by atomic mass is 10.3. The van der Waals surface area contributed by atoms with Crippen LogP contribution < -0.4 is 0 Å². The molecule has 1 heterocycles.